The van der Waals surface area contributed by atoms with Crippen molar-refractivity contribution in [2.75, 3.05) is 6.54 Å². The summed E-state index contributed by atoms with van der Waals surface area (Å²) in [6, 6.07) is 3.35. The number of halogens is 2. The summed E-state index contributed by atoms with van der Waals surface area (Å²) in [4.78, 5) is 0. The van der Waals surface area contributed by atoms with Gasteiger partial charge in [-0.1, -0.05) is 11.3 Å². The summed E-state index contributed by atoms with van der Waals surface area (Å²) >= 11 is 0. The van der Waals surface area contributed by atoms with Crippen LogP contribution < -0.4 is 5.32 Å². The van der Waals surface area contributed by atoms with Gasteiger partial charge < -0.3 is 10.4 Å². The van der Waals surface area contributed by atoms with Gasteiger partial charge in [-0.05, 0) is 17.7 Å². The first-order chi connectivity index (χ1) is 9.08. The van der Waals surface area contributed by atoms with Crippen LogP contribution in [0.3, 0.4) is 0 Å². The fourth-order valence-electron chi connectivity index (χ4n) is 1.65. The molecule has 1 atom stereocenters. The Morgan fingerprint density at radius 3 is 2.79 bits per heavy atom. The third-order valence-corrected chi connectivity index (χ3v) is 2.78. The highest BCUT2D eigenvalue weighted by atomic mass is 19.2. The van der Waals surface area contributed by atoms with Crippen molar-refractivity contribution in [2.45, 2.75) is 12.6 Å². The van der Waals surface area contributed by atoms with Gasteiger partial charge in [0.15, 0.2) is 11.6 Å². The second kappa shape index (κ2) is 5.85. The van der Waals surface area contributed by atoms with Crippen molar-refractivity contribution in [3.63, 3.8) is 0 Å². The van der Waals surface area contributed by atoms with Crippen molar-refractivity contribution in [1.82, 2.24) is 20.3 Å². The van der Waals surface area contributed by atoms with E-state index in [9.17, 15) is 13.9 Å². The Balaban J connectivity index is 1.89. The molecule has 1 aromatic heterocycles. The maximum absolute atomic E-state index is 13.0. The number of rotatable bonds is 5. The van der Waals surface area contributed by atoms with Crippen LogP contribution in [0.2, 0.25) is 0 Å². The molecule has 7 heteroatoms. The van der Waals surface area contributed by atoms with Gasteiger partial charge in [-0.2, -0.15) is 0 Å². The summed E-state index contributed by atoms with van der Waals surface area (Å²) in [7, 11) is 1.76. The molecule has 2 rings (SSSR count). The van der Waals surface area contributed by atoms with Gasteiger partial charge in [0.2, 0.25) is 0 Å². The van der Waals surface area contributed by atoms with Crippen molar-refractivity contribution in [1.29, 1.82) is 0 Å². The van der Waals surface area contributed by atoms with Crippen LogP contribution in [0.1, 0.15) is 17.4 Å². The molecule has 2 N–H and O–H groups in total. The zero-order valence-corrected chi connectivity index (χ0v) is 10.3. The van der Waals surface area contributed by atoms with E-state index in [1.165, 1.54) is 6.07 Å². The summed E-state index contributed by atoms with van der Waals surface area (Å²) in [5.41, 5.74) is 1.19. The molecule has 0 saturated heterocycles. The van der Waals surface area contributed by atoms with E-state index in [1.807, 2.05) is 0 Å². The van der Waals surface area contributed by atoms with Crippen LogP contribution in [0.25, 0.3) is 0 Å². The third kappa shape index (κ3) is 3.33. The molecule has 0 unspecified atom stereocenters. The predicted molar refractivity (Wildman–Crippen MR) is 64.0 cm³/mol. The van der Waals surface area contributed by atoms with Crippen molar-refractivity contribution in [2.24, 2.45) is 7.05 Å². The smallest absolute Gasteiger partial charge is 0.159 e. The highest BCUT2D eigenvalue weighted by Gasteiger charge is 2.11. The molecule has 0 radical (unpaired) electrons. The molecule has 2 aromatic rings. The Morgan fingerprint density at radius 2 is 2.16 bits per heavy atom. The second-order valence-electron chi connectivity index (χ2n) is 4.17. The topological polar surface area (TPSA) is 63.0 Å². The molecule has 0 aliphatic heterocycles. The summed E-state index contributed by atoms with van der Waals surface area (Å²) in [6.07, 6.45) is 0.702. The Hall–Kier alpha value is -1.86. The lowest BCUT2D eigenvalue weighted by molar-refractivity contribution is 0.173. The number of hydrogen-bond acceptors (Lipinski definition) is 4. The zero-order valence-electron chi connectivity index (χ0n) is 10.3. The summed E-state index contributed by atoms with van der Waals surface area (Å²) in [5, 5.41) is 20.3. The van der Waals surface area contributed by atoms with Gasteiger partial charge >= 0.3 is 0 Å². The highest BCUT2D eigenvalue weighted by Crippen LogP contribution is 2.15. The first-order valence-corrected chi connectivity index (χ1v) is 5.75. The third-order valence-electron chi connectivity index (χ3n) is 2.78. The van der Waals surface area contributed by atoms with Crippen LogP contribution >= 0.6 is 0 Å². The first kappa shape index (κ1) is 13.6. The van der Waals surface area contributed by atoms with Crippen molar-refractivity contribution < 1.29 is 13.9 Å². The number of aryl methyl sites for hydroxylation is 1. The predicted octanol–water partition coefficient (Wildman–Crippen LogP) is 0.916. The summed E-state index contributed by atoms with van der Waals surface area (Å²) < 4.78 is 27.4. The Bertz CT molecular complexity index is 558. The minimum Gasteiger partial charge on any atom is -0.387 e. The van der Waals surface area contributed by atoms with Gasteiger partial charge in [-0.15, -0.1) is 5.10 Å². The Kier molecular flexibility index (Phi) is 4.18. The van der Waals surface area contributed by atoms with Gasteiger partial charge in [-0.3, -0.25) is 4.68 Å². The molecule has 1 aromatic carbocycles. The lowest BCUT2D eigenvalue weighted by atomic mass is 10.1. The van der Waals surface area contributed by atoms with E-state index >= 15 is 0 Å². The summed E-state index contributed by atoms with van der Waals surface area (Å²) in [5.74, 6) is -1.89. The molecule has 0 amide bonds. The largest absolute Gasteiger partial charge is 0.387 e. The van der Waals surface area contributed by atoms with Gasteiger partial charge in [-0.25, -0.2) is 8.78 Å². The molecule has 19 heavy (non-hydrogen) atoms. The average Bonchev–Trinajstić information content (AvgIpc) is 2.78. The van der Waals surface area contributed by atoms with Crippen molar-refractivity contribution >= 4 is 0 Å². The van der Waals surface area contributed by atoms with E-state index in [4.69, 9.17) is 0 Å². The molecular weight excluding hydrogens is 254 g/mol. The number of aromatic nitrogens is 3. The van der Waals surface area contributed by atoms with Crippen LogP contribution in [0, 0.1) is 11.6 Å². The molecule has 0 aliphatic rings. The van der Waals surface area contributed by atoms with Crippen LogP contribution in [0.5, 0.6) is 0 Å². The fraction of sp³-hybridized carbons (Fsp3) is 0.333. The van der Waals surface area contributed by atoms with E-state index in [0.29, 0.717) is 12.1 Å². The molecule has 1 heterocycles. The molecule has 0 aliphatic carbocycles. The highest BCUT2D eigenvalue weighted by molar-refractivity contribution is 5.20. The van der Waals surface area contributed by atoms with Gasteiger partial charge in [0, 0.05) is 20.1 Å². The van der Waals surface area contributed by atoms with Crippen molar-refractivity contribution in [3.8, 4) is 0 Å². The second-order valence-corrected chi connectivity index (χ2v) is 4.17. The Labute approximate surface area is 108 Å². The van der Waals surface area contributed by atoms with Crippen LogP contribution in [-0.4, -0.2) is 26.6 Å². The molecule has 5 nitrogen and oxygen atoms in total. The minimum absolute atomic E-state index is 0.219. The minimum atomic E-state index is -0.965. The normalized spacial score (nSPS) is 12.6. The quantitative estimate of drug-likeness (QED) is 0.846. The molecule has 0 fully saturated rings. The zero-order chi connectivity index (χ0) is 13.8. The number of aliphatic hydroxyl groups is 1. The first-order valence-electron chi connectivity index (χ1n) is 5.75. The van der Waals surface area contributed by atoms with Crippen LogP contribution in [-0.2, 0) is 13.6 Å². The maximum Gasteiger partial charge on any atom is 0.159 e. The fourth-order valence-corrected chi connectivity index (χ4v) is 1.65. The number of benzene rings is 1. The van der Waals surface area contributed by atoms with Crippen LogP contribution in [0.4, 0.5) is 8.78 Å². The molecular formula is C12H14F2N4O. The number of nitrogens with one attached hydrogen (secondary N) is 1. The SMILES string of the molecule is Cn1nncc1CNC[C@H](O)c1ccc(F)c(F)c1. The van der Waals surface area contributed by atoms with E-state index in [0.717, 1.165) is 17.8 Å². The van der Waals surface area contributed by atoms with E-state index in [1.54, 1.807) is 17.9 Å². The Morgan fingerprint density at radius 1 is 1.37 bits per heavy atom. The molecule has 0 bridgehead atoms. The van der Waals surface area contributed by atoms with Crippen molar-refractivity contribution in [3.05, 3.63) is 47.3 Å². The van der Waals surface area contributed by atoms with E-state index in [-0.39, 0.29) is 6.54 Å². The number of aliphatic hydroxyl groups excluding tert-OH is 1. The standard InChI is InChI=1S/C12H14F2N4O/c1-18-9(6-16-17-18)5-15-7-12(19)8-2-3-10(13)11(14)4-8/h2-4,6,12,15,19H,5,7H2,1H3/t12-/m0/s1. The van der Waals surface area contributed by atoms with E-state index < -0.39 is 17.7 Å². The number of nitrogens with zero attached hydrogens (tertiary/aromatic N) is 3. The molecule has 0 spiro atoms. The van der Waals surface area contributed by atoms with Gasteiger partial charge in [0.1, 0.15) is 0 Å². The van der Waals surface area contributed by atoms with Gasteiger partial charge in [0.25, 0.3) is 0 Å². The lowest BCUT2D eigenvalue weighted by Crippen LogP contribution is -2.22. The maximum atomic E-state index is 13.0. The van der Waals surface area contributed by atoms with Crippen LogP contribution in [0.15, 0.2) is 24.4 Å². The monoisotopic (exact) mass is 268 g/mol. The van der Waals surface area contributed by atoms with Gasteiger partial charge in [0.05, 0.1) is 18.0 Å². The lowest BCUT2D eigenvalue weighted by Gasteiger charge is -2.12. The number of hydrogen-bond donors (Lipinski definition) is 2. The molecule has 0 saturated carbocycles. The average molecular weight is 268 g/mol. The molecule has 102 valence electrons. The van der Waals surface area contributed by atoms with E-state index in [2.05, 4.69) is 15.6 Å². The summed E-state index contributed by atoms with van der Waals surface area (Å²) in [6.45, 7) is 0.695.